The van der Waals surface area contributed by atoms with Gasteiger partial charge >= 0.3 is 0 Å². The van der Waals surface area contributed by atoms with Gasteiger partial charge in [0.25, 0.3) is 20.2 Å². The van der Waals surface area contributed by atoms with E-state index in [-0.39, 0.29) is 26.8 Å². The number of aryl methyl sites for hydroxylation is 2. The van der Waals surface area contributed by atoms with Crippen LogP contribution in [0.5, 0.6) is 0 Å². The first-order valence-corrected chi connectivity index (χ1v) is 14.5. The zero-order valence-electron chi connectivity index (χ0n) is 20.7. The largest absolute Gasteiger partial charge is 0.382 e. The number of aromatic nitrogens is 4. The zero-order chi connectivity index (χ0) is 27.9. The van der Waals surface area contributed by atoms with Gasteiger partial charge in [-0.1, -0.05) is 35.4 Å². The zero-order valence-corrected chi connectivity index (χ0v) is 22.3. The summed E-state index contributed by atoms with van der Waals surface area (Å²) in [4.78, 5) is 11.8. The fourth-order valence-electron chi connectivity index (χ4n) is 4.05. The van der Waals surface area contributed by atoms with Gasteiger partial charge in [0.05, 0.1) is 22.7 Å². The van der Waals surface area contributed by atoms with E-state index in [0.717, 1.165) is 17.5 Å². The molecule has 4 atom stereocenters. The van der Waals surface area contributed by atoms with Gasteiger partial charge in [-0.15, -0.1) is 0 Å². The van der Waals surface area contributed by atoms with Gasteiger partial charge in [-0.2, -0.15) is 16.8 Å². The summed E-state index contributed by atoms with van der Waals surface area (Å²) < 4.78 is 84.8. The standard InChI is InChI=1S/C24H24FN5O7S2/c1-14-3-7-16(8-4-14)38(31,32)35-11-18-19(25)21(37-39(33,34)17-9-5-15(2)6-10-17)24(36-18)30-13-29-20-22(26)27-12-28-23(20)30/h3-10,12-13,18-19,21,24H,11H2,1-2H3,(H2,26,27,28)/t18-,19+,21-,24-/m1/s1. The molecule has 1 fully saturated rings. The van der Waals surface area contributed by atoms with Crippen LogP contribution in [0.3, 0.4) is 0 Å². The number of hydrogen-bond acceptors (Lipinski definition) is 11. The first-order valence-electron chi connectivity index (χ1n) is 11.6. The molecule has 206 valence electrons. The molecule has 2 aromatic carbocycles. The first-order chi connectivity index (χ1) is 18.5. The molecule has 0 radical (unpaired) electrons. The minimum absolute atomic E-state index is 0.0439. The van der Waals surface area contributed by atoms with Crippen LogP contribution >= 0.6 is 0 Å². The molecular formula is C24H24FN5O7S2. The van der Waals surface area contributed by atoms with Crippen LogP contribution in [0.25, 0.3) is 11.2 Å². The van der Waals surface area contributed by atoms with Crippen molar-refractivity contribution in [1.29, 1.82) is 0 Å². The third kappa shape index (κ3) is 5.35. The van der Waals surface area contributed by atoms with E-state index in [1.165, 1.54) is 35.2 Å². The van der Waals surface area contributed by atoms with Gasteiger partial charge in [0.1, 0.15) is 17.9 Å². The second kappa shape index (κ2) is 10.2. The summed E-state index contributed by atoms with van der Waals surface area (Å²) in [5.74, 6) is 0.0439. The SMILES string of the molecule is Cc1ccc(S(=O)(=O)OC[C@H]2O[C@@H](n3cnc4c(N)ncnc43)[C@H](OS(=O)(=O)c3ccc(C)cc3)[C@H]2F)cc1. The van der Waals surface area contributed by atoms with Crippen molar-refractivity contribution in [2.75, 3.05) is 12.3 Å². The highest BCUT2D eigenvalue weighted by molar-refractivity contribution is 7.87. The Balaban J connectivity index is 1.46. The molecule has 2 aromatic heterocycles. The molecule has 1 aliphatic heterocycles. The van der Waals surface area contributed by atoms with Crippen molar-refractivity contribution in [1.82, 2.24) is 19.5 Å². The summed E-state index contributed by atoms with van der Waals surface area (Å²) in [7, 11) is -8.72. The van der Waals surface area contributed by atoms with Gasteiger partial charge in [0, 0.05) is 0 Å². The number of fused-ring (bicyclic) bond motifs is 1. The summed E-state index contributed by atoms with van der Waals surface area (Å²) >= 11 is 0. The van der Waals surface area contributed by atoms with Crippen molar-refractivity contribution in [2.24, 2.45) is 0 Å². The van der Waals surface area contributed by atoms with Crippen molar-refractivity contribution in [2.45, 2.75) is 48.2 Å². The highest BCUT2D eigenvalue weighted by Gasteiger charge is 2.50. The molecule has 0 amide bonds. The maximum Gasteiger partial charge on any atom is 0.297 e. The van der Waals surface area contributed by atoms with E-state index >= 15 is 4.39 Å². The van der Waals surface area contributed by atoms with Gasteiger partial charge in [0.15, 0.2) is 30.0 Å². The molecule has 5 rings (SSSR count). The van der Waals surface area contributed by atoms with Crippen molar-refractivity contribution in [3.8, 4) is 0 Å². The van der Waals surface area contributed by atoms with Crippen molar-refractivity contribution < 1.29 is 34.3 Å². The molecule has 3 heterocycles. The minimum Gasteiger partial charge on any atom is -0.382 e. The Labute approximate surface area is 223 Å². The number of nitrogen functional groups attached to an aromatic ring is 1. The summed E-state index contributed by atoms with van der Waals surface area (Å²) in [5, 5.41) is 0. The minimum atomic E-state index is -4.46. The lowest BCUT2D eigenvalue weighted by Crippen LogP contribution is -2.35. The predicted octanol–water partition coefficient (Wildman–Crippen LogP) is 2.44. The predicted molar refractivity (Wildman–Crippen MR) is 136 cm³/mol. The Bertz CT molecular complexity index is 1710. The van der Waals surface area contributed by atoms with Crippen molar-refractivity contribution in [3.05, 3.63) is 72.3 Å². The third-order valence-corrected chi connectivity index (χ3v) is 8.79. The molecule has 0 saturated carbocycles. The molecule has 0 spiro atoms. The Morgan fingerprint density at radius 2 is 1.51 bits per heavy atom. The number of halogens is 1. The molecular weight excluding hydrogens is 553 g/mol. The van der Waals surface area contributed by atoms with Crippen LogP contribution in [-0.4, -0.2) is 61.3 Å². The molecule has 1 aliphatic rings. The molecule has 12 nitrogen and oxygen atoms in total. The average molecular weight is 578 g/mol. The molecule has 39 heavy (non-hydrogen) atoms. The smallest absolute Gasteiger partial charge is 0.297 e. The first kappa shape index (κ1) is 27.1. The summed E-state index contributed by atoms with van der Waals surface area (Å²) in [6, 6.07) is 11.7. The molecule has 0 aliphatic carbocycles. The Hall–Kier alpha value is -3.50. The van der Waals surface area contributed by atoms with E-state index in [9.17, 15) is 16.8 Å². The molecule has 0 bridgehead atoms. The lowest BCUT2D eigenvalue weighted by Gasteiger charge is -2.21. The van der Waals surface area contributed by atoms with Crippen molar-refractivity contribution >= 4 is 37.2 Å². The lowest BCUT2D eigenvalue weighted by molar-refractivity contribution is -0.0405. The highest BCUT2D eigenvalue weighted by Crippen LogP contribution is 2.38. The van der Waals surface area contributed by atoms with E-state index in [2.05, 4.69) is 15.0 Å². The number of imidazole rings is 1. The van der Waals surface area contributed by atoms with Crippen LogP contribution in [0.1, 0.15) is 17.4 Å². The van der Waals surface area contributed by atoms with Crippen LogP contribution < -0.4 is 5.73 Å². The summed E-state index contributed by atoms with van der Waals surface area (Å²) in [5.41, 5.74) is 7.82. The molecule has 15 heteroatoms. The van der Waals surface area contributed by atoms with E-state index in [0.29, 0.717) is 0 Å². The monoisotopic (exact) mass is 577 g/mol. The van der Waals surface area contributed by atoms with Gasteiger partial charge in [0.2, 0.25) is 0 Å². The van der Waals surface area contributed by atoms with Crippen LogP contribution in [0.4, 0.5) is 10.2 Å². The number of rotatable bonds is 8. The fourth-order valence-corrected chi connectivity index (χ4v) is 6.04. The average Bonchev–Trinajstić information content (AvgIpc) is 3.45. The second-order valence-corrected chi connectivity index (χ2v) is 12.2. The number of ether oxygens (including phenoxy) is 1. The van der Waals surface area contributed by atoms with Crippen LogP contribution in [0, 0.1) is 13.8 Å². The number of hydrogen-bond donors (Lipinski definition) is 1. The Kier molecular flexibility index (Phi) is 7.11. The van der Waals surface area contributed by atoms with E-state index in [1.807, 2.05) is 0 Å². The molecule has 1 saturated heterocycles. The van der Waals surface area contributed by atoms with Gasteiger partial charge < -0.3 is 10.5 Å². The van der Waals surface area contributed by atoms with Crippen LogP contribution in [0.15, 0.2) is 71.0 Å². The van der Waals surface area contributed by atoms with E-state index < -0.39 is 51.5 Å². The van der Waals surface area contributed by atoms with Gasteiger partial charge in [-0.3, -0.25) is 12.9 Å². The molecule has 0 unspecified atom stereocenters. The van der Waals surface area contributed by atoms with Gasteiger partial charge in [-0.25, -0.2) is 19.3 Å². The Morgan fingerprint density at radius 3 is 2.13 bits per heavy atom. The maximum atomic E-state index is 15.8. The third-order valence-electron chi connectivity index (χ3n) is 6.17. The number of nitrogens with zero attached hydrogens (tertiary/aromatic N) is 4. The Morgan fingerprint density at radius 1 is 0.923 bits per heavy atom. The number of alkyl halides is 1. The molecule has 2 N–H and O–H groups in total. The molecule has 4 aromatic rings. The van der Waals surface area contributed by atoms with Crippen molar-refractivity contribution in [3.63, 3.8) is 0 Å². The number of nitrogens with two attached hydrogens (primary N) is 1. The highest BCUT2D eigenvalue weighted by atomic mass is 32.2. The number of benzene rings is 2. The van der Waals surface area contributed by atoms with Crippen LogP contribution in [-0.2, 0) is 33.3 Å². The van der Waals surface area contributed by atoms with E-state index in [1.54, 1.807) is 38.1 Å². The van der Waals surface area contributed by atoms with Gasteiger partial charge in [-0.05, 0) is 38.1 Å². The second-order valence-electron chi connectivity index (χ2n) is 8.97. The number of anilines is 1. The normalized spacial score (nSPS) is 21.9. The topological polar surface area (TPSA) is 166 Å². The summed E-state index contributed by atoms with van der Waals surface area (Å²) in [6.45, 7) is 2.82. The van der Waals surface area contributed by atoms with Crippen LogP contribution in [0.2, 0.25) is 0 Å². The quantitative estimate of drug-likeness (QED) is 0.306. The summed E-state index contributed by atoms with van der Waals surface area (Å²) in [6.07, 6.45) is -4.43. The maximum absolute atomic E-state index is 15.8. The lowest BCUT2D eigenvalue weighted by atomic mass is 10.1. The fraction of sp³-hybridized carbons (Fsp3) is 0.292. The van der Waals surface area contributed by atoms with E-state index in [4.69, 9.17) is 18.8 Å².